The quantitative estimate of drug-likeness (QED) is 0.401. The first kappa shape index (κ1) is 26.8. The molecule has 4 rings (SSSR count). The van der Waals surface area contributed by atoms with Gasteiger partial charge >= 0.3 is 187 Å². The maximum atomic E-state index is 4.45. The van der Waals surface area contributed by atoms with Crippen LogP contribution in [-0.2, 0) is 20.9 Å². The first-order valence-corrected chi connectivity index (χ1v) is 22.7. The fourth-order valence-corrected chi connectivity index (χ4v) is 38.0. The first-order chi connectivity index (χ1) is 14.1. The summed E-state index contributed by atoms with van der Waals surface area (Å²) in [6, 6.07) is 23.8. The van der Waals surface area contributed by atoms with E-state index >= 15 is 0 Å². The van der Waals surface area contributed by atoms with Crippen molar-refractivity contribution in [3.63, 3.8) is 0 Å². The normalized spacial score (nSPS) is 18.9. The van der Waals surface area contributed by atoms with Crippen molar-refractivity contribution in [3.8, 4) is 0 Å². The smallest absolute Gasteiger partial charge is 0.147 e. The molecule has 1 unspecified atom stereocenters. The van der Waals surface area contributed by atoms with Gasteiger partial charge in [0, 0.05) is 0 Å². The minimum Gasteiger partial charge on any atom is -0.147 e. The molecule has 0 saturated heterocycles. The van der Waals surface area contributed by atoms with E-state index in [-0.39, 0.29) is 24.8 Å². The van der Waals surface area contributed by atoms with E-state index < -0.39 is 26.9 Å². The number of hydrogen-bond donors (Lipinski definition) is 1. The number of allylic oxidation sites excluding steroid dienone is 4. The average molecular weight is 640 g/mol. The van der Waals surface area contributed by atoms with Crippen molar-refractivity contribution in [2.75, 3.05) is 0 Å². The Morgan fingerprint density at radius 2 is 1.26 bits per heavy atom. The van der Waals surface area contributed by atoms with E-state index in [1.807, 2.05) is 3.33 Å². The van der Waals surface area contributed by atoms with Gasteiger partial charge in [0.1, 0.15) is 0 Å². The van der Waals surface area contributed by atoms with Gasteiger partial charge in [-0.25, -0.2) is 0 Å². The molecular formula is C26H36Cl2HfNSi. The minimum absolute atomic E-state index is 0. The van der Waals surface area contributed by atoms with Crippen molar-refractivity contribution >= 4 is 41.2 Å². The summed E-state index contributed by atoms with van der Waals surface area (Å²) in [6.45, 7) is 9.62. The number of halogens is 2. The summed E-state index contributed by atoms with van der Waals surface area (Å²) >= 11 is -2.35. The molecule has 2 aliphatic rings. The third-order valence-corrected chi connectivity index (χ3v) is 34.8. The van der Waals surface area contributed by atoms with Crippen molar-refractivity contribution in [1.82, 2.24) is 3.30 Å². The van der Waals surface area contributed by atoms with Crippen molar-refractivity contribution in [2.45, 2.75) is 59.4 Å². The van der Waals surface area contributed by atoms with Gasteiger partial charge in [-0.15, -0.1) is 24.8 Å². The van der Waals surface area contributed by atoms with Crippen LogP contribution >= 0.6 is 24.8 Å². The summed E-state index contributed by atoms with van der Waals surface area (Å²) in [5, 5.41) is 3.28. The molecule has 1 saturated carbocycles. The molecule has 0 aliphatic heterocycles. The number of hydrogen-bond acceptors (Lipinski definition) is 1. The molecule has 0 spiro atoms. The monoisotopic (exact) mass is 640 g/mol. The second-order valence-corrected chi connectivity index (χ2v) is 28.0. The van der Waals surface area contributed by atoms with E-state index in [1.54, 1.807) is 27.1 Å². The molecule has 0 amide bonds. The Balaban J connectivity index is 0.00000171. The van der Waals surface area contributed by atoms with E-state index in [0.717, 1.165) is 6.04 Å². The van der Waals surface area contributed by atoms with Crippen LogP contribution in [0.1, 0.15) is 53.4 Å². The summed E-state index contributed by atoms with van der Waals surface area (Å²) < 4.78 is 6.32. The summed E-state index contributed by atoms with van der Waals surface area (Å²) in [4.78, 5) is 0. The molecular weight excluding hydrogens is 604 g/mol. The van der Waals surface area contributed by atoms with Gasteiger partial charge in [-0.2, -0.15) is 0 Å². The standard InChI is InChI=1S/C12H11Si.C9H13.C5H10N.2ClH.Hf/c1-3-7-11(8-4-1)13-12-9-5-2-6-10-12;1-6-5-7(2)9(4)8(6)3;6-5-3-1-2-4-5;;;/h1-10,13H;6H,1-4H3;5-6H,1-4H2;2*1H;/q;;-1;;;+1. The molecule has 1 nitrogen and oxygen atoms in total. The SMILES string of the molecule is CC1=C(C)C(C)[C]([Hf]([NH]C2CCCC2)[SiH](c2ccccc2)c2ccccc2)=C1C.Cl.Cl. The maximum Gasteiger partial charge on any atom is -0.147 e. The summed E-state index contributed by atoms with van der Waals surface area (Å²) in [6.07, 6.45) is 5.57. The molecule has 0 bridgehead atoms. The Labute approximate surface area is 210 Å². The van der Waals surface area contributed by atoms with Crippen LogP contribution in [0, 0.1) is 5.92 Å². The van der Waals surface area contributed by atoms with Gasteiger partial charge in [0.05, 0.1) is 0 Å². The van der Waals surface area contributed by atoms with Crippen LogP contribution in [0.4, 0.5) is 0 Å². The van der Waals surface area contributed by atoms with Crippen molar-refractivity contribution < 1.29 is 20.9 Å². The van der Waals surface area contributed by atoms with Gasteiger partial charge in [-0.05, 0) is 0 Å². The molecule has 0 heterocycles. The summed E-state index contributed by atoms with van der Waals surface area (Å²) in [5.41, 5.74) is 4.81. The van der Waals surface area contributed by atoms with E-state index in [4.69, 9.17) is 0 Å². The van der Waals surface area contributed by atoms with Crippen LogP contribution in [0.15, 0.2) is 80.7 Å². The van der Waals surface area contributed by atoms with Crippen molar-refractivity contribution in [3.05, 3.63) is 80.7 Å². The van der Waals surface area contributed by atoms with Crippen LogP contribution in [0.25, 0.3) is 0 Å². The third kappa shape index (κ3) is 5.73. The van der Waals surface area contributed by atoms with E-state index in [0.29, 0.717) is 5.92 Å². The van der Waals surface area contributed by atoms with Gasteiger partial charge in [0.15, 0.2) is 0 Å². The predicted octanol–water partition coefficient (Wildman–Crippen LogP) is 5.69. The zero-order valence-electron chi connectivity index (χ0n) is 19.2. The van der Waals surface area contributed by atoms with Crippen LogP contribution in [-0.4, -0.2) is 12.0 Å². The van der Waals surface area contributed by atoms with Crippen molar-refractivity contribution in [1.29, 1.82) is 0 Å². The molecule has 167 valence electrons. The van der Waals surface area contributed by atoms with Crippen LogP contribution < -0.4 is 13.7 Å². The fourth-order valence-electron chi connectivity index (χ4n) is 5.22. The Morgan fingerprint density at radius 1 is 0.774 bits per heavy atom. The fraction of sp³-hybridized carbons (Fsp3) is 0.385. The molecule has 2 aromatic rings. The summed E-state index contributed by atoms with van der Waals surface area (Å²) in [5.74, 6) is -0.656. The molecule has 1 atom stereocenters. The van der Waals surface area contributed by atoms with Gasteiger partial charge < -0.3 is 0 Å². The largest absolute Gasteiger partial charge is 0.147 e. The molecule has 2 aliphatic carbocycles. The molecule has 0 radical (unpaired) electrons. The molecule has 31 heavy (non-hydrogen) atoms. The maximum absolute atomic E-state index is 4.45. The Kier molecular flexibility index (Phi) is 10.5. The van der Waals surface area contributed by atoms with E-state index in [1.165, 1.54) is 25.7 Å². The zero-order chi connectivity index (χ0) is 20.4. The van der Waals surface area contributed by atoms with Crippen LogP contribution in [0.2, 0.25) is 0 Å². The molecule has 2 aromatic carbocycles. The Bertz CT molecular complexity index is 868. The summed E-state index contributed by atoms with van der Waals surface area (Å²) in [7, 11) is 0. The van der Waals surface area contributed by atoms with Gasteiger partial charge in [-0.3, -0.25) is 0 Å². The van der Waals surface area contributed by atoms with Crippen molar-refractivity contribution in [2.24, 2.45) is 5.92 Å². The number of nitrogens with one attached hydrogen (secondary N) is 1. The van der Waals surface area contributed by atoms with E-state index in [2.05, 4.69) is 91.7 Å². The van der Waals surface area contributed by atoms with Gasteiger partial charge in [0.2, 0.25) is 0 Å². The second kappa shape index (κ2) is 12.1. The minimum atomic E-state index is -2.35. The average Bonchev–Trinajstić information content (AvgIpc) is 3.33. The Morgan fingerprint density at radius 3 is 1.68 bits per heavy atom. The first-order valence-electron chi connectivity index (χ1n) is 11.2. The topological polar surface area (TPSA) is 12.0 Å². The zero-order valence-corrected chi connectivity index (χ0v) is 25.5. The number of rotatable bonds is 6. The number of benzene rings is 2. The predicted molar refractivity (Wildman–Crippen MR) is 139 cm³/mol. The molecule has 1 N–H and O–H groups in total. The van der Waals surface area contributed by atoms with Crippen LogP contribution in [0.3, 0.4) is 0 Å². The molecule has 0 aromatic heterocycles. The molecule has 1 fully saturated rings. The van der Waals surface area contributed by atoms with E-state index in [9.17, 15) is 0 Å². The Hall–Kier alpha value is -0.453. The molecule has 5 heteroatoms. The van der Waals surface area contributed by atoms with Crippen LogP contribution in [0.5, 0.6) is 0 Å². The van der Waals surface area contributed by atoms with Gasteiger partial charge in [0.25, 0.3) is 0 Å². The van der Waals surface area contributed by atoms with Gasteiger partial charge in [-0.1, -0.05) is 0 Å². The third-order valence-electron chi connectivity index (χ3n) is 7.20. The second-order valence-electron chi connectivity index (χ2n) is 8.86.